The van der Waals surface area contributed by atoms with Gasteiger partial charge in [-0.1, -0.05) is 23.4 Å². The van der Waals surface area contributed by atoms with Crippen LogP contribution < -0.4 is 5.32 Å². The molecule has 118 valence electrons. The molecule has 0 fully saturated rings. The topological polar surface area (TPSA) is 70.7 Å². The number of benzene rings is 1. The van der Waals surface area contributed by atoms with Gasteiger partial charge in [0, 0.05) is 0 Å². The van der Waals surface area contributed by atoms with Crippen LogP contribution >= 0.6 is 23.4 Å². The molecule has 2 rings (SSSR count). The Balaban J connectivity index is 2.10. The van der Waals surface area contributed by atoms with Crippen LogP contribution in [0.4, 0.5) is 18.9 Å². The predicted octanol–water partition coefficient (Wildman–Crippen LogP) is 3.60. The van der Waals surface area contributed by atoms with Crippen molar-refractivity contribution < 1.29 is 18.0 Å². The monoisotopic (exact) mass is 350 g/mol. The first kappa shape index (κ1) is 16.6. The average molecular weight is 351 g/mol. The van der Waals surface area contributed by atoms with Crippen LogP contribution in [-0.4, -0.2) is 26.3 Å². The largest absolute Gasteiger partial charge is 0.416 e. The summed E-state index contributed by atoms with van der Waals surface area (Å²) in [5.41, 5.74) is -0.978. The van der Waals surface area contributed by atoms with E-state index in [1.165, 1.54) is 6.33 Å². The number of rotatable bonds is 4. The van der Waals surface area contributed by atoms with Gasteiger partial charge in [-0.25, -0.2) is 4.98 Å². The van der Waals surface area contributed by atoms with Gasteiger partial charge in [0.05, 0.1) is 21.5 Å². The first-order valence-electron chi connectivity index (χ1n) is 5.97. The number of aromatic amines is 1. The fourth-order valence-corrected chi connectivity index (χ4v) is 2.38. The predicted molar refractivity (Wildman–Crippen MR) is 76.8 cm³/mol. The van der Waals surface area contributed by atoms with E-state index in [0.29, 0.717) is 5.16 Å². The van der Waals surface area contributed by atoms with Gasteiger partial charge in [-0.15, -0.1) is 0 Å². The Kier molecular flexibility index (Phi) is 4.97. The highest BCUT2D eigenvalue weighted by Crippen LogP contribution is 2.34. The number of anilines is 1. The number of nitrogens with zero attached hydrogens (tertiary/aromatic N) is 2. The SMILES string of the molecule is C[C@@H](Sc1ncn[nH]1)C(=O)Nc1cc(C(F)(F)F)ccc1Cl. The highest BCUT2D eigenvalue weighted by molar-refractivity contribution is 8.00. The molecular weight excluding hydrogens is 341 g/mol. The minimum absolute atomic E-state index is 0.0261. The number of aromatic nitrogens is 3. The molecule has 2 aromatic rings. The van der Waals surface area contributed by atoms with Crippen molar-refractivity contribution in [2.24, 2.45) is 0 Å². The number of halogens is 4. The minimum atomic E-state index is -4.51. The molecule has 0 radical (unpaired) electrons. The number of hydrogen-bond donors (Lipinski definition) is 2. The molecule has 5 nitrogen and oxygen atoms in total. The summed E-state index contributed by atoms with van der Waals surface area (Å²) in [6, 6.07) is 2.74. The molecule has 0 unspecified atom stereocenters. The minimum Gasteiger partial charge on any atom is -0.324 e. The summed E-state index contributed by atoms with van der Waals surface area (Å²) < 4.78 is 38.0. The summed E-state index contributed by atoms with van der Waals surface area (Å²) in [5.74, 6) is -0.498. The Morgan fingerprint density at radius 2 is 2.18 bits per heavy atom. The number of thioether (sulfide) groups is 1. The van der Waals surface area contributed by atoms with E-state index in [-0.39, 0.29) is 10.7 Å². The van der Waals surface area contributed by atoms with E-state index in [2.05, 4.69) is 20.5 Å². The second-order valence-corrected chi connectivity index (χ2v) is 5.97. The van der Waals surface area contributed by atoms with Gasteiger partial charge in [-0.3, -0.25) is 9.89 Å². The van der Waals surface area contributed by atoms with E-state index >= 15 is 0 Å². The number of carbonyl (C=O) groups is 1. The third-order valence-electron chi connectivity index (χ3n) is 2.60. The third kappa shape index (κ3) is 4.14. The maximum absolute atomic E-state index is 12.7. The van der Waals surface area contributed by atoms with Crippen LogP contribution in [0.1, 0.15) is 12.5 Å². The van der Waals surface area contributed by atoms with Crippen LogP contribution in [-0.2, 0) is 11.0 Å². The Morgan fingerprint density at radius 1 is 1.45 bits per heavy atom. The number of H-pyrrole nitrogens is 1. The van der Waals surface area contributed by atoms with Crippen molar-refractivity contribution in [3.05, 3.63) is 35.1 Å². The van der Waals surface area contributed by atoms with Crippen LogP contribution in [0.2, 0.25) is 5.02 Å². The van der Waals surface area contributed by atoms with Crippen LogP contribution in [0.3, 0.4) is 0 Å². The molecule has 22 heavy (non-hydrogen) atoms. The Bertz CT molecular complexity index is 663. The molecule has 1 aromatic heterocycles. The van der Waals surface area contributed by atoms with E-state index in [4.69, 9.17) is 11.6 Å². The fourth-order valence-electron chi connectivity index (χ4n) is 1.50. The van der Waals surface area contributed by atoms with Crippen LogP contribution in [0.15, 0.2) is 29.7 Å². The lowest BCUT2D eigenvalue weighted by molar-refractivity contribution is -0.137. The van der Waals surface area contributed by atoms with Gasteiger partial charge in [-0.2, -0.15) is 18.3 Å². The number of alkyl halides is 3. The summed E-state index contributed by atoms with van der Waals surface area (Å²) in [5, 5.41) is 8.45. The van der Waals surface area contributed by atoms with Gasteiger partial charge < -0.3 is 5.32 Å². The normalized spacial score (nSPS) is 13.0. The Labute approximate surface area is 132 Å². The standard InChI is InChI=1S/C12H10ClF3N4OS/c1-6(22-11-17-5-18-20-11)10(21)19-9-4-7(12(14,15)16)2-3-8(9)13/h2-6H,1H3,(H,19,21)(H,17,18,20)/t6-/m1/s1. The van der Waals surface area contributed by atoms with E-state index in [1.54, 1.807) is 6.92 Å². The molecule has 1 heterocycles. The molecule has 0 aliphatic rings. The van der Waals surface area contributed by atoms with Gasteiger partial charge in [-0.05, 0) is 25.1 Å². The van der Waals surface area contributed by atoms with E-state index < -0.39 is 22.9 Å². The molecular formula is C12H10ClF3N4OS. The zero-order valence-electron chi connectivity index (χ0n) is 11.1. The zero-order chi connectivity index (χ0) is 16.3. The van der Waals surface area contributed by atoms with Gasteiger partial charge in [0.1, 0.15) is 6.33 Å². The summed E-state index contributed by atoms with van der Waals surface area (Å²) in [6.45, 7) is 1.59. The molecule has 0 aliphatic heterocycles. The lowest BCUT2D eigenvalue weighted by Crippen LogP contribution is -2.23. The van der Waals surface area contributed by atoms with E-state index in [0.717, 1.165) is 30.0 Å². The molecule has 0 aliphatic carbocycles. The molecule has 1 atom stereocenters. The number of amides is 1. The van der Waals surface area contributed by atoms with Crippen LogP contribution in [0, 0.1) is 0 Å². The van der Waals surface area contributed by atoms with Crippen molar-refractivity contribution in [2.75, 3.05) is 5.32 Å². The number of hydrogen-bond acceptors (Lipinski definition) is 4. The van der Waals surface area contributed by atoms with Gasteiger partial charge in [0.25, 0.3) is 0 Å². The maximum atomic E-state index is 12.7. The summed E-state index contributed by atoms with van der Waals surface area (Å²) >= 11 is 6.91. The van der Waals surface area contributed by atoms with Crippen molar-refractivity contribution in [1.82, 2.24) is 15.2 Å². The van der Waals surface area contributed by atoms with Crippen molar-refractivity contribution in [2.45, 2.75) is 23.5 Å². The second kappa shape index (κ2) is 6.57. The lowest BCUT2D eigenvalue weighted by atomic mass is 10.2. The molecule has 0 spiro atoms. The van der Waals surface area contributed by atoms with Gasteiger partial charge >= 0.3 is 6.18 Å². The van der Waals surface area contributed by atoms with Crippen LogP contribution in [0.25, 0.3) is 0 Å². The highest BCUT2D eigenvalue weighted by atomic mass is 35.5. The first-order chi connectivity index (χ1) is 10.3. The molecule has 1 amide bonds. The molecule has 0 saturated heterocycles. The first-order valence-corrected chi connectivity index (χ1v) is 7.23. The van der Waals surface area contributed by atoms with Crippen molar-refractivity contribution in [3.8, 4) is 0 Å². The second-order valence-electron chi connectivity index (χ2n) is 4.23. The van der Waals surface area contributed by atoms with Crippen molar-refractivity contribution >= 4 is 35.0 Å². The van der Waals surface area contributed by atoms with Gasteiger partial charge in [0.15, 0.2) is 5.16 Å². The quantitative estimate of drug-likeness (QED) is 0.827. The highest BCUT2D eigenvalue weighted by Gasteiger charge is 2.31. The summed E-state index contributed by atoms with van der Waals surface area (Å²) in [6.07, 6.45) is -3.22. The molecule has 0 saturated carbocycles. The number of carbonyl (C=O) groups excluding carboxylic acids is 1. The van der Waals surface area contributed by atoms with Crippen molar-refractivity contribution in [3.63, 3.8) is 0 Å². The number of nitrogens with one attached hydrogen (secondary N) is 2. The summed E-state index contributed by atoms with van der Waals surface area (Å²) in [4.78, 5) is 15.9. The Morgan fingerprint density at radius 3 is 2.77 bits per heavy atom. The van der Waals surface area contributed by atoms with E-state index in [9.17, 15) is 18.0 Å². The Hall–Kier alpha value is -1.74. The van der Waals surface area contributed by atoms with Gasteiger partial charge in [0.2, 0.25) is 5.91 Å². The van der Waals surface area contributed by atoms with Crippen LogP contribution in [0.5, 0.6) is 0 Å². The molecule has 1 aromatic carbocycles. The molecule has 10 heteroatoms. The smallest absolute Gasteiger partial charge is 0.324 e. The third-order valence-corrected chi connectivity index (χ3v) is 3.92. The average Bonchev–Trinajstić information content (AvgIpc) is 2.92. The summed E-state index contributed by atoms with van der Waals surface area (Å²) in [7, 11) is 0. The fraction of sp³-hybridized carbons (Fsp3) is 0.250. The lowest BCUT2D eigenvalue weighted by Gasteiger charge is -2.14. The zero-order valence-corrected chi connectivity index (χ0v) is 12.7. The molecule has 2 N–H and O–H groups in total. The van der Waals surface area contributed by atoms with E-state index in [1.807, 2.05) is 0 Å². The molecule has 0 bridgehead atoms. The maximum Gasteiger partial charge on any atom is 0.416 e. The van der Waals surface area contributed by atoms with Crippen molar-refractivity contribution in [1.29, 1.82) is 0 Å².